The van der Waals surface area contributed by atoms with Crippen molar-refractivity contribution in [2.24, 2.45) is 0 Å². The molecule has 0 unspecified atom stereocenters. The minimum Gasteiger partial charge on any atom is -0.743 e. The Morgan fingerprint density at radius 2 is 1.17 bits per heavy atom. The second-order valence-electron chi connectivity index (χ2n) is 5.37. The molecule has 1 rings (SSSR count). The molecule has 1 aromatic heterocycles. The van der Waals surface area contributed by atoms with Crippen LogP contribution in [0.15, 0.2) is 30.6 Å². The molecule has 4 nitrogen and oxygen atoms in total. The Hall–Kier alpha value is -1.71. The first-order valence-corrected chi connectivity index (χ1v) is 8.56. The number of pyridine rings is 1. The van der Waals surface area contributed by atoms with Gasteiger partial charge in [0.1, 0.15) is 0 Å². The van der Waals surface area contributed by atoms with Gasteiger partial charge in [-0.15, -0.1) is 0 Å². The van der Waals surface area contributed by atoms with Crippen LogP contribution in [0.2, 0.25) is 0 Å². The monoisotopic (exact) mass is 471 g/mol. The van der Waals surface area contributed by atoms with Crippen molar-refractivity contribution in [3.63, 3.8) is 0 Å². The molecule has 0 atom stereocenters. The van der Waals surface area contributed by atoms with Gasteiger partial charge in [-0.3, -0.25) is 0 Å². The van der Waals surface area contributed by atoms with Gasteiger partial charge in [0.15, 0.2) is 22.5 Å². The lowest BCUT2D eigenvalue weighted by Gasteiger charge is -2.37. The van der Waals surface area contributed by atoms with Crippen molar-refractivity contribution in [2.45, 2.75) is 48.5 Å². The van der Waals surface area contributed by atoms with E-state index in [0.717, 1.165) is 0 Å². The summed E-state index contributed by atoms with van der Waals surface area (Å²) in [6, 6.07) is 5.86. The maximum atomic E-state index is 13.0. The average Bonchev–Trinajstić information content (AvgIpc) is 2.54. The van der Waals surface area contributed by atoms with Crippen molar-refractivity contribution in [3.05, 3.63) is 30.6 Å². The molecule has 1 aromatic rings. The van der Waals surface area contributed by atoms with Crippen LogP contribution in [0.5, 0.6) is 0 Å². The fourth-order valence-electron chi connectivity index (χ4n) is 1.58. The number of aromatic amines is 1. The zero-order chi connectivity index (χ0) is 23.4. The lowest BCUT2D eigenvalue weighted by Crippen LogP contribution is -2.64. The molecular weight excluding hydrogens is 459 g/mol. The fraction of sp³-hybridized carbons (Fsp3) is 0.615. The van der Waals surface area contributed by atoms with Crippen LogP contribution in [0.1, 0.15) is 19.3 Å². The number of aromatic nitrogens is 1. The van der Waals surface area contributed by atoms with E-state index >= 15 is 0 Å². The molecule has 0 aliphatic rings. The molecule has 0 amide bonds. The van der Waals surface area contributed by atoms with E-state index in [1.165, 1.54) is 0 Å². The van der Waals surface area contributed by atoms with E-state index in [1.807, 2.05) is 30.6 Å². The minimum absolute atomic E-state index is 1.84. The molecule has 0 saturated heterocycles. The first kappa shape index (κ1) is 27.3. The quantitative estimate of drug-likeness (QED) is 0.441. The predicted molar refractivity (Wildman–Crippen MR) is 72.4 cm³/mol. The first-order valence-electron chi connectivity index (χ1n) is 7.15. The van der Waals surface area contributed by atoms with Gasteiger partial charge in [0, 0.05) is 25.0 Å². The Kier molecular flexibility index (Phi) is 8.44. The molecule has 29 heavy (non-hydrogen) atoms. The van der Waals surface area contributed by atoms with Crippen LogP contribution in [-0.2, 0) is 10.1 Å². The molecule has 0 saturated carbocycles. The van der Waals surface area contributed by atoms with Crippen molar-refractivity contribution in [2.75, 3.05) is 0 Å². The van der Waals surface area contributed by atoms with E-state index in [0.29, 0.717) is 0 Å². The van der Waals surface area contributed by atoms with E-state index < -0.39 is 58.6 Å². The van der Waals surface area contributed by atoms with E-state index in [9.17, 15) is 61.3 Å². The summed E-state index contributed by atoms with van der Waals surface area (Å²) in [7, 11) is -7.47. The Bertz CT molecular complexity index is 709. The number of alkyl halides is 11. The van der Waals surface area contributed by atoms with E-state index in [2.05, 4.69) is 4.98 Å². The normalized spacial score (nSPS) is 14.2. The van der Waals surface area contributed by atoms with Gasteiger partial charge in [-0.1, -0.05) is 6.07 Å². The number of halogens is 11. The highest BCUT2D eigenvalue weighted by Gasteiger charge is 2.82. The van der Waals surface area contributed by atoms with Gasteiger partial charge < -0.3 is 4.55 Å². The molecule has 170 valence electrons. The smallest absolute Gasteiger partial charge is 0.402 e. The topological polar surface area (TPSA) is 71.3 Å². The summed E-state index contributed by atoms with van der Waals surface area (Å²) >= 11 is 0. The zero-order valence-corrected chi connectivity index (χ0v) is 14.6. The van der Waals surface area contributed by atoms with Crippen molar-refractivity contribution < 1.29 is 66.2 Å². The molecule has 0 aliphatic heterocycles. The summed E-state index contributed by atoms with van der Waals surface area (Å²) in [5.74, 6) is -20.6. The molecule has 1 N–H and O–H groups in total. The van der Waals surface area contributed by atoms with E-state index in [4.69, 9.17) is 0 Å². The summed E-state index contributed by atoms with van der Waals surface area (Å²) in [4.78, 5) is 2.89. The third kappa shape index (κ3) is 6.65. The van der Waals surface area contributed by atoms with Crippen LogP contribution in [0, 0.1) is 0 Å². The van der Waals surface area contributed by atoms with Crippen LogP contribution < -0.4 is 4.98 Å². The van der Waals surface area contributed by atoms with Crippen molar-refractivity contribution in [3.8, 4) is 0 Å². The standard InChI is InChI=1S/C8H7F11O3S.C5H5N/c9-4(10,2-1-3-5(11,12)13)6(14,15)7(16,17)8(18,19)23(20,21)22;1-2-4-6-5-3-1/h1-3H2,(H,20,21,22);1-5H. The molecular formula is C13H12F11NO3S. The highest BCUT2D eigenvalue weighted by molar-refractivity contribution is 7.86. The largest absolute Gasteiger partial charge is 0.743 e. The Morgan fingerprint density at radius 3 is 1.45 bits per heavy atom. The number of H-pyrrole nitrogens is 1. The highest BCUT2D eigenvalue weighted by atomic mass is 32.2. The van der Waals surface area contributed by atoms with Gasteiger partial charge >= 0.3 is 29.2 Å². The third-order valence-electron chi connectivity index (χ3n) is 3.09. The molecule has 0 spiro atoms. The van der Waals surface area contributed by atoms with Crippen molar-refractivity contribution in [1.29, 1.82) is 0 Å². The fourth-order valence-corrected chi connectivity index (χ4v) is 2.02. The lowest BCUT2D eigenvalue weighted by molar-refractivity contribution is -0.377. The maximum absolute atomic E-state index is 13.0. The molecule has 0 bridgehead atoms. The van der Waals surface area contributed by atoms with Crippen LogP contribution in [0.3, 0.4) is 0 Å². The van der Waals surface area contributed by atoms with Gasteiger partial charge in [0.25, 0.3) is 0 Å². The van der Waals surface area contributed by atoms with Gasteiger partial charge in [-0.05, 0) is 6.42 Å². The zero-order valence-electron chi connectivity index (χ0n) is 13.8. The molecule has 0 aromatic carbocycles. The SMILES string of the molecule is O=S(=O)([O-])C(F)(F)C(F)(F)C(F)(F)C(F)(F)CCCC(F)(F)F.c1cc[nH+]cc1. The van der Waals surface area contributed by atoms with Gasteiger partial charge in [0.05, 0.1) is 0 Å². The second kappa shape index (κ2) is 8.97. The van der Waals surface area contributed by atoms with Crippen LogP contribution in [0.25, 0.3) is 0 Å². The third-order valence-corrected chi connectivity index (χ3v) is 3.98. The number of hydrogen-bond acceptors (Lipinski definition) is 3. The van der Waals surface area contributed by atoms with Gasteiger partial charge in [-0.2, -0.15) is 48.3 Å². The summed E-state index contributed by atoms with van der Waals surface area (Å²) in [6.45, 7) is 0. The summed E-state index contributed by atoms with van der Waals surface area (Å²) in [6.07, 6.45) is -7.92. The van der Waals surface area contributed by atoms with Gasteiger partial charge in [0.2, 0.25) is 0 Å². The molecule has 1 heterocycles. The highest BCUT2D eigenvalue weighted by Crippen LogP contribution is 2.55. The number of rotatable bonds is 7. The van der Waals surface area contributed by atoms with Crippen LogP contribution in [-0.4, -0.2) is 42.2 Å². The lowest BCUT2D eigenvalue weighted by atomic mass is 9.99. The average molecular weight is 471 g/mol. The number of hydrogen-bond donors (Lipinski definition) is 0. The summed E-state index contributed by atoms with van der Waals surface area (Å²) in [5.41, 5.74) is 0. The van der Waals surface area contributed by atoms with E-state index in [-0.39, 0.29) is 0 Å². The van der Waals surface area contributed by atoms with Crippen LogP contribution in [0.4, 0.5) is 48.3 Å². The summed E-state index contributed by atoms with van der Waals surface area (Å²) < 4.78 is 168. The Morgan fingerprint density at radius 1 is 0.724 bits per heavy atom. The molecule has 0 aliphatic carbocycles. The number of nitrogens with one attached hydrogen (secondary N) is 1. The van der Waals surface area contributed by atoms with Gasteiger partial charge in [-0.25, -0.2) is 13.4 Å². The van der Waals surface area contributed by atoms with Crippen molar-refractivity contribution >= 4 is 10.1 Å². The first-order chi connectivity index (χ1) is 12.7. The molecule has 0 radical (unpaired) electrons. The maximum Gasteiger partial charge on any atom is 0.402 e. The minimum atomic E-state index is -7.47. The molecule has 0 fully saturated rings. The van der Waals surface area contributed by atoms with Crippen molar-refractivity contribution in [1.82, 2.24) is 0 Å². The second-order valence-corrected chi connectivity index (χ2v) is 6.79. The Labute approximate surface area is 156 Å². The molecule has 16 heteroatoms. The summed E-state index contributed by atoms with van der Waals surface area (Å²) in [5, 5.41) is -7.11. The Balaban J connectivity index is 0.00000110. The predicted octanol–water partition coefficient (Wildman–Crippen LogP) is 4.26. The van der Waals surface area contributed by atoms with Crippen LogP contribution >= 0.6 is 0 Å². The van der Waals surface area contributed by atoms with E-state index in [1.54, 1.807) is 0 Å².